The fraction of sp³-hybridized carbons (Fsp3) is 0.167. The maximum absolute atomic E-state index is 11.8. The first-order valence-electron chi connectivity index (χ1n) is 5.13. The number of aryl methyl sites for hydroxylation is 1. The van der Waals surface area contributed by atoms with Crippen molar-refractivity contribution in [1.29, 1.82) is 0 Å². The molecule has 0 unspecified atom stereocenters. The van der Waals surface area contributed by atoms with Gasteiger partial charge in [-0.25, -0.2) is 4.79 Å². The lowest BCUT2D eigenvalue weighted by Crippen LogP contribution is -2.30. The fourth-order valence-electron chi connectivity index (χ4n) is 1.54. The van der Waals surface area contributed by atoms with Crippen molar-refractivity contribution < 1.29 is 9.59 Å². The third-order valence-electron chi connectivity index (χ3n) is 2.32. The average molecular weight is 248 g/mol. The topological polar surface area (TPSA) is 49.4 Å². The van der Waals surface area contributed by atoms with E-state index in [0.29, 0.717) is 5.70 Å². The predicted molar refractivity (Wildman–Crippen MR) is 67.5 cm³/mol. The van der Waals surface area contributed by atoms with Crippen LogP contribution in [0.3, 0.4) is 0 Å². The second kappa shape index (κ2) is 4.55. The van der Waals surface area contributed by atoms with Crippen LogP contribution in [0.4, 0.5) is 4.79 Å². The van der Waals surface area contributed by atoms with E-state index >= 15 is 0 Å². The first-order valence-corrected chi connectivity index (χ1v) is 5.95. The molecule has 1 saturated heterocycles. The standard InChI is InChI=1S/C12H12N2O2S/c1-3-6-14-11(15)10(13-12(14)16)7-9-5-4-8(2)17-9/h3-5,7H,1,6H2,2H3,(H,13,16)/b10-7+. The molecule has 1 aliphatic heterocycles. The van der Waals surface area contributed by atoms with E-state index in [-0.39, 0.29) is 12.5 Å². The van der Waals surface area contributed by atoms with Gasteiger partial charge in [0, 0.05) is 16.3 Å². The molecular weight excluding hydrogens is 236 g/mol. The molecule has 0 aliphatic carbocycles. The van der Waals surface area contributed by atoms with Gasteiger partial charge in [0.2, 0.25) is 0 Å². The van der Waals surface area contributed by atoms with Crippen LogP contribution in [-0.4, -0.2) is 23.4 Å². The number of thiophene rings is 1. The highest BCUT2D eigenvalue weighted by molar-refractivity contribution is 7.12. The number of nitrogens with one attached hydrogen (secondary N) is 1. The van der Waals surface area contributed by atoms with E-state index in [1.807, 2.05) is 19.1 Å². The van der Waals surface area contributed by atoms with E-state index in [1.165, 1.54) is 6.08 Å². The molecule has 0 aromatic carbocycles. The number of nitrogens with zero attached hydrogens (tertiary/aromatic N) is 1. The fourth-order valence-corrected chi connectivity index (χ4v) is 2.36. The molecule has 17 heavy (non-hydrogen) atoms. The van der Waals surface area contributed by atoms with E-state index in [0.717, 1.165) is 14.7 Å². The van der Waals surface area contributed by atoms with Gasteiger partial charge in [-0.05, 0) is 25.1 Å². The zero-order chi connectivity index (χ0) is 12.4. The third-order valence-corrected chi connectivity index (χ3v) is 3.27. The van der Waals surface area contributed by atoms with Gasteiger partial charge in [-0.1, -0.05) is 6.08 Å². The van der Waals surface area contributed by atoms with Gasteiger partial charge in [0.05, 0.1) is 0 Å². The Morgan fingerprint density at radius 3 is 2.82 bits per heavy atom. The van der Waals surface area contributed by atoms with E-state index in [1.54, 1.807) is 17.4 Å². The first-order chi connectivity index (χ1) is 8.11. The summed E-state index contributed by atoms with van der Waals surface area (Å²) in [5, 5.41) is 2.55. The van der Waals surface area contributed by atoms with Gasteiger partial charge in [-0.15, -0.1) is 17.9 Å². The highest BCUT2D eigenvalue weighted by atomic mass is 32.1. The number of hydrogen-bond donors (Lipinski definition) is 1. The molecule has 2 heterocycles. The van der Waals surface area contributed by atoms with Crippen LogP contribution in [0.2, 0.25) is 0 Å². The van der Waals surface area contributed by atoms with Gasteiger partial charge >= 0.3 is 6.03 Å². The molecule has 0 saturated carbocycles. The molecular formula is C12H12N2O2S. The van der Waals surface area contributed by atoms with Crippen LogP contribution in [0.15, 0.2) is 30.5 Å². The number of urea groups is 1. The Balaban J connectivity index is 2.24. The summed E-state index contributed by atoms with van der Waals surface area (Å²) in [5.41, 5.74) is 0.318. The molecule has 1 aromatic heterocycles. The van der Waals surface area contributed by atoms with Gasteiger partial charge in [0.1, 0.15) is 5.70 Å². The third kappa shape index (κ3) is 2.29. The monoisotopic (exact) mass is 248 g/mol. The number of imide groups is 1. The van der Waals surface area contributed by atoms with Crippen LogP contribution in [0.1, 0.15) is 9.75 Å². The molecule has 1 aromatic rings. The highest BCUT2D eigenvalue weighted by Gasteiger charge is 2.32. The summed E-state index contributed by atoms with van der Waals surface area (Å²) >= 11 is 1.57. The quantitative estimate of drug-likeness (QED) is 0.506. The Kier molecular flexibility index (Phi) is 3.10. The Hall–Kier alpha value is -1.88. The Morgan fingerprint density at radius 1 is 1.47 bits per heavy atom. The molecule has 1 fully saturated rings. The molecule has 1 N–H and O–H groups in total. The van der Waals surface area contributed by atoms with Crippen molar-refractivity contribution in [2.45, 2.75) is 6.92 Å². The molecule has 3 amide bonds. The second-order valence-corrected chi connectivity index (χ2v) is 4.96. The normalized spacial score (nSPS) is 17.7. The van der Waals surface area contributed by atoms with Gasteiger partial charge in [0.25, 0.3) is 5.91 Å². The molecule has 5 heteroatoms. The Morgan fingerprint density at radius 2 is 2.24 bits per heavy atom. The molecule has 0 bridgehead atoms. The largest absolute Gasteiger partial charge is 0.329 e. The second-order valence-electron chi connectivity index (χ2n) is 3.64. The maximum atomic E-state index is 11.8. The van der Waals surface area contributed by atoms with Crippen molar-refractivity contribution >= 4 is 29.4 Å². The van der Waals surface area contributed by atoms with Crippen molar-refractivity contribution in [3.05, 3.63) is 40.2 Å². The van der Waals surface area contributed by atoms with Crippen LogP contribution in [0.25, 0.3) is 6.08 Å². The number of amides is 3. The van der Waals surface area contributed by atoms with Crippen LogP contribution in [0, 0.1) is 6.92 Å². The molecule has 0 atom stereocenters. The van der Waals surface area contributed by atoms with Crippen molar-refractivity contribution in [2.75, 3.05) is 6.54 Å². The van der Waals surface area contributed by atoms with Crippen molar-refractivity contribution in [2.24, 2.45) is 0 Å². The van der Waals surface area contributed by atoms with Crippen LogP contribution >= 0.6 is 11.3 Å². The molecule has 1 aliphatic rings. The number of carbonyl (C=O) groups is 2. The minimum Gasteiger partial charge on any atom is -0.303 e. The molecule has 0 spiro atoms. The summed E-state index contributed by atoms with van der Waals surface area (Å²) in [5.74, 6) is -0.305. The summed E-state index contributed by atoms with van der Waals surface area (Å²) in [6.07, 6.45) is 3.22. The zero-order valence-electron chi connectivity index (χ0n) is 9.40. The number of rotatable bonds is 3. The van der Waals surface area contributed by atoms with Crippen molar-refractivity contribution in [3.63, 3.8) is 0 Å². The Labute approximate surface area is 103 Å². The van der Waals surface area contributed by atoms with E-state index in [4.69, 9.17) is 0 Å². The summed E-state index contributed by atoms with van der Waals surface area (Å²) in [6, 6.07) is 3.50. The molecule has 0 radical (unpaired) electrons. The SMILES string of the molecule is C=CCN1C(=O)N/C(=C/c2ccc(C)s2)C1=O. The highest BCUT2D eigenvalue weighted by Crippen LogP contribution is 2.20. The van der Waals surface area contributed by atoms with E-state index < -0.39 is 6.03 Å². The van der Waals surface area contributed by atoms with Crippen LogP contribution in [0.5, 0.6) is 0 Å². The maximum Gasteiger partial charge on any atom is 0.329 e. The minimum absolute atomic E-state index is 0.228. The Bertz CT molecular complexity index is 516. The first kappa shape index (κ1) is 11.6. The van der Waals surface area contributed by atoms with Gasteiger partial charge in [-0.2, -0.15) is 0 Å². The molecule has 4 nitrogen and oxygen atoms in total. The predicted octanol–water partition coefficient (Wildman–Crippen LogP) is 2.14. The summed E-state index contributed by atoms with van der Waals surface area (Å²) < 4.78 is 0. The average Bonchev–Trinajstić information content (AvgIpc) is 2.79. The smallest absolute Gasteiger partial charge is 0.303 e. The summed E-state index contributed by atoms with van der Waals surface area (Å²) in [4.78, 5) is 26.6. The lowest BCUT2D eigenvalue weighted by Gasteiger charge is -2.06. The van der Waals surface area contributed by atoms with E-state index in [2.05, 4.69) is 11.9 Å². The van der Waals surface area contributed by atoms with Gasteiger partial charge in [-0.3, -0.25) is 9.69 Å². The van der Waals surface area contributed by atoms with Gasteiger partial charge in [0.15, 0.2) is 0 Å². The summed E-state index contributed by atoms with van der Waals surface area (Å²) in [6.45, 7) is 5.73. The summed E-state index contributed by atoms with van der Waals surface area (Å²) in [7, 11) is 0. The van der Waals surface area contributed by atoms with Crippen LogP contribution < -0.4 is 5.32 Å². The van der Waals surface area contributed by atoms with E-state index in [9.17, 15) is 9.59 Å². The van der Waals surface area contributed by atoms with Crippen molar-refractivity contribution in [1.82, 2.24) is 10.2 Å². The molecule has 2 rings (SSSR count). The van der Waals surface area contributed by atoms with Crippen LogP contribution in [-0.2, 0) is 4.79 Å². The number of hydrogen-bond acceptors (Lipinski definition) is 3. The molecule has 88 valence electrons. The number of carbonyl (C=O) groups excluding carboxylic acids is 2. The zero-order valence-corrected chi connectivity index (χ0v) is 10.2. The lowest BCUT2D eigenvalue weighted by atomic mass is 10.3. The van der Waals surface area contributed by atoms with Gasteiger partial charge < -0.3 is 5.32 Å². The lowest BCUT2D eigenvalue weighted by molar-refractivity contribution is -0.122. The van der Waals surface area contributed by atoms with Crippen molar-refractivity contribution in [3.8, 4) is 0 Å². The minimum atomic E-state index is -0.394.